The van der Waals surface area contributed by atoms with E-state index in [1.807, 2.05) is 12.1 Å². The molecule has 4 aliphatic rings. The summed E-state index contributed by atoms with van der Waals surface area (Å²) in [6.45, 7) is 17.2. The van der Waals surface area contributed by atoms with E-state index in [0.717, 1.165) is 41.4 Å². The van der Waals surface area contributed by atoms with Crippen molar-refractivity contribution in [1.82, 2.24) is 4.98 Å². The Hall–Kier alpha value is -3.49. The molecule has 1 unspecified atom stereocenters. The Morgan fingerprint density at radius 2 is 1.81 bits per heavy atom. The minimum Gasteiger partial charge on any atom is -0.372 e. The normalized spacial score (nSPS) is 19.3. The molecule has 2 heterocycles. The van der Waals surface area contributed by atoms with E-state index in [0.29, 0.717) is 22.7 Å². The monoisotopic (exact) mass is 577 g/mol. The molecular weight excluding hydrogens is 526 g/mol. The van der Waals surface area contributed by atoms with Gasteiger partial charge >= 0.3 is 0 Å². The zero-order valence-electron chi connectivity index (χ0n) is 27.4. The van der Waals surface area contributed by atoms with Crippen LogP contribution >= 0.6 is 0 Å². The molecule has 2 aliphatic heterocycles. The summed E-state index contributed by atoms with van der Waals surface area (Å²) in [6, 6.07) is 9.79. The first-order chi connectivity index (χ1) is 20.7. The van der Waals surface area contributed by atoms with Crippen LogP contribution in [0.1, 0.15) is 98.1 Å². The van der Waals surface area contributed by atoms with E-state index >= 15 is 0 Å². The highest BCUT2D eigenvalue weighted by molar-refractivity contribution is 6.08. The summed E-state index contributed by atoms with van der Waals surface area (Å²) in [7, 11) is 1.77. The fourth-order valence-corrected chi connectivity index (χ4v) is 6.41. The van der Waals surface area contributed by atoms with Crippen LogP contribution < -0.4 is 10.3 Å². The summed E-state index contributed by atoms with van der Waals surface area (Å²) >= 11 is 0. The molecule has 1 fully saturated rings. The second-order valence-corrected chi connectivity index (χ2v) is 12.6. The molecule has 4 heteroatoms. The number of rotatable bonds is 11. The smallest absolute Gasteiger partial charge is 0.190 e. The van der Waals surface area contributed by atoms with E-state index < -0.39 is 0 Å². The maximum atomic E-state index is 13.3. The zero-order valence-corrected chi connectivity index (χ0v) is 27.4. The molecule has 0 N–H and O–H groups in total. The van der Waals surface area contributed by atoms with Gasteiger partial charge in [-0.1, -0.05) is 51.3 Å². The number of hydrogen-bond donors (Lipinski definition) is 0. The van der Waals surface area contributed by atoms with Gasteiger partial charge in [-0.3, -0.25) is 9.79 Å². The molecule has 43 heavy (non-hydrogen) atoms. The van der Waals surface area contributed by atoms with Crippen molar-refractivity contribution < 1.29 is 0 Å². The molecule has 0 aromatic rings. The third kappa shape index (κ3) is 8.54. The van der Waals surface area contributed by atoms with Gasteiger partial charge in [-0.25, -0.2) is 4.98 Å². The molecule has 2 aliphatic carbocycles. The van der Waals surface area contributed by atoms with Gasteiger partial charge in [0.25, 0.3) is 0 Å². The lowest BCUT2D eigenvalue weighted by atomic mass is 9.89. The molecule has 4 nitrogen and oxygen atoms in total. The minimum atomic E-state index is -0.0250. The second kappa shape index (κ2) is 15.3. The van der Waals surface area contributed by atoms with E-state index in [1.165, 1.54) is 68.9 Å². The lowest BCUT2D eigenvalue weighted by Crippen LogP contribution is -2.33. The van der Waals surface area contributed by atoms with Gasteiger partial charge in [-0.05, 0) is 118 Å². The van der Waals surface area contributed by atoms with Crippen molar-refractivity contribution >= 4 is 11.4 Å². The van der Waals surface area contributed by atoms with Crippen molar-refractivity contribution in [3.05, 3.63) is 98.6 Å². The molecule has 228 valence electrons. The van der Waals surface area contributed by atoms with Gasteiger partial charge in [0, 0.05) is 43.4 Å². The highest BCUT2D eigenvalue weighted by Gasteiger charge is 2.21. The summed E-state index contributed by atoms with van der Waals surface area (Å²) < 4.78 is 0. The first-order valence-corrected chi connectivity index (χ1v) is 16.4. The Morgan fingerprint density at radius 1 is 1.07 bits per heavy atom. The first-order valence-electron chi connectivity index (χ1n) is 16.4. The van der Waals surface area contributed by atoms with Gasteiger partial charge in [0.15, 0.2) is 5.43 Å². The number of pyridine rings is 1. The van der Waals surface area contributed by atoms with Crippen LogP contribution in [-0.4, -0.2) is 30.8 Å². The van der Waals surface area contributed by atoms with E-state index in [4.69, 9.17) is 4.98 Å². The van der Waals surface area contributed by atoms with Crippen molar-refractivity contribution in [2.45, 2.75) is 92.4 Å². The molecule has 1 saturated heterocycles. The SMILES string of the molecule is C=C(CCCCCC)CCC1CCN(c2ccc3nc(C(/C=C4/C(C)=C=C(C)C(C)=CC4C)=N/C)cc(=O)c-3cc2)CC1. The fourth-order valence-electron chi connectivity index (χ4n) is 6.41. The maximum Gasteiger partial charge on any atom is 0.190 e. The molecule has 1 atom stereocenters. The van der Waals surface area contributed by atoms with Crippen molar-refractivity contribution in [2.24, 2.45) is 16.8 Å². The lowest BCUT2D eigenvalue weighted by Gasteiger charge is -2.33. The van der Waals surface area contributed by atoms with Crippen LogP contribution in [0.25, 0.3) is 11.3 Å². The molecule has 0 aromatic heterocycles. The molecule has 0 bridgehead atoms. The largest absolute Gasteiger partial charge is 0.372 e. The average Bonchev–Trinajstić information content (AvgIpc) is 3.26. The second-order valence-electron chi connectivity index (χ2n) is 12.6. The fraction of sp³-hybridized carbons (Fsp3) is 0.487. The lowest BCUT2D eigenvalue weighted by molar-refractivity contribution is 0.380. The van der Waals surface area contributed by atoms with Crippen LogP contribution in [0.5, 0.6) is 0 Å². The zero-order chi connectivity index (χ0) is 30.9. The van der Waals surface area contributed by atoms with Crippen molar-refractivity contribution in [2.75, 3.05) is 25.0 Å². The maximum absolute atomic E-state index is 13.3. The number of aromatic nitrogens is 1. The Labute approximate surface area is 260 Å². The van der Waals surface area contributed by atoms with Crippen LogP contribution in [-0.2, 0) is 0 Å². The predicted molar refractivity (Wildman–Crippen MR) is 185 cm³/mol. The van der Waals surface area contributed by atoms with Gasteiger partial charge in [-0.2, -0.15) is 0 Å². The molecule has 0 saturated carbocycles. The molecule has 0 radical (unpaired) electrons. The highest BCUT2D eigenvalue weighted by Crippen LogP contribution is 2.30. The number of aliphatic imine (C=N–C) groups is 1. The quantitative estimate of drug-likeness (QED) is 0.116. The summed E-state index contributed by atoms with van der Waals surface area (Å²) in [4.78, 5) is 25.3. The molecule has 0 aromatic carbocycles. The number of fused-ring (bicyclic) bond motifs is 1. The molecule has 0 amide bonds. The standard InChI is InChI=1S/C39H51N3O/c1-8-9-10-11-12-27(2)13-14-32-19-21-42(22-20-32)33-15-17-34-36(18-16-33)41-38(26-39(34)43)37(40-7)25-35-30(5)23-28(3)29(4)24-31(35)6/h15-18,23,25-26,30,32H,2,8-14,19-22H2,1,3-7H3/b35-25+,40-37+. The topological polar surface area (TPSA) is 45.6 Å². The van der Waals surface area contributed by atoms with E-state index in [1.54, 1.807) is 13.1 Å². The minimum absolute atomic E-state index is 0.0250. The number of allylic oxidation sites excluding steroid dienone is 6. The van der Waals surface area contributed by atoms with Gasteiger partial charge in [0.2, 0.25) is 0 Å². The Kier molecular flexibility index (Phi) is 11.5. The van der Waals surface area contributed by atoms with Crippen molar-refractivity contribution in [1.29, 1.82) is 0 Å². The number of nitrogens with zero attached hydrogens (tertiary/aromatic N) is 3. The summed E-state index contributed by atoms with van der Waals surface area (Å²) in [6.07, 6.45) is 15.6. The number of piperidine rings is 1. The Balaban J connectivity index is 1.47. The van der Waals surface area contributed by atoms with Crippen molar-refractivity contribution in [3.63, 3.8) is 0 Å². The van der Waals surface area contributed by atoms with E-state index in [2.05, 4.69) is 81.1 Å². The Bertz CT molecular complexity index is 1490. The average molecular weight is 578 g/mol. The Morgan fingerprint density at radius 3 is 2.53 bits per heavy atom. The van der Waals surface area contributed by atoms with Gasteiger partial charge < -0.3 is 4.90 Å². The van der Waals surface area contributed by atoms with E-state index in [9.17, 15) is 4.79 Å². The summed E-state index contributed by atoms with van der Waals surface area (Å²) in [5.74, 6) is 0.986. The number of anilines is 1. The van der Waals surface area contributed by atoms with Crippen LogP contribution in [0.15, 0.2) is 92.4 Å². The highest BCUT2D eigenvalue weighted by atomic mass is 16.1. The van der Waals surface area contributed by atoms with Crippen LogP contribution in [0, 0.1) is 11.8 Å². The van der Waals surface area contributed by atoms with Crippen LogP contribution in [0.3, 0.4) is 0 Å². The summed E-state index contributed by atoms with van der Waals surface area (Å²) in [5, 5.41) is 0. The first kappa shape index (κ1) is 32.4. The predicted octanol–water partition coefficient (Wildman–Crippen LogP) is 9.50. The van der Waals surface area contributed by atoms with Crippen molar-refractivity contribution in [3.8, 4) is 11.3 Å². The van der Waals surface area contributed by atoms with Gasteiger partial charge in [0.1, 0.15) is 0 Å². The van der Waals surface area contributed by atoms with E-state index in [-0.39, 0.29) is 11.3 Å². The molecule has 4 rings (SSSR count). The van der Waals surface area contributed by atoms with Crippen LogP contribution in [0.2, 0.25) is 0 Å². The van der Waals surface area contributed by atoms with Gasteiger partial charge in [0.05, 0.1) is 17.1 Å². The number of hydrogen-bond acceptors (Lipinski definition) is 4. The van der Waals surface area contributed by atoms with Crippen LogP contribution in [0.4, 0.5) is 5.69 Å². The number of unbranched alkanes of at least 4 members (excludes halogenated alkanes) is 3. The molecular formula is C39H51N3O. The molecule has 0 spiro atoms. The van der Waals surface area contributed by atoms with Gasteiger partial charge in [-0.15, -0.1) is 5.73 Å². The third-order valence-corrected chi connectivity index (χ3v) is 9.34. The third-order valence-electron chi connectivity index (χ3n) is 9.34. The summed E-state index contributed by atoms with van der Waals surface area (Å²) in [5.41, 5.74) is 13.4.